The van der Waals surface area contributed by atoms with Crippen molar-refractivity contribution in [1.29, 1.82) is 0 Å². The highest BCUT2D eigenvalue weighted by atomic mass is 16.6. The fraction of sp³-hybridized carbons (Fsp3) is 0.407. The Kier molecular flexibility index (Phi) is 20.1. The molecule has 16 heteroatoms. The topological polar surface area (TPSA) is 206 Å². The second-order valence-corrected chi connectivity index (χ2v) is 21.1. The summed E-state index contributed by atoms with van der Waals surface area (Å²) in [5.41, 5.74) is 9.36. The van der Waals surface area contributed by atoms with Crippen LogP contribution in [0.15, 0.2) is 128 Å². The van der Waals surface area contributed by atoms with Gasteiger partial charge in [-0.2, -0.15) is 0 Å². The maximum absolute atomic E-state index is 14.5. The van der Waals surface area contributed by atoms with E-state index < -0.39 is 65.0 Å². The first-order valence-corrected chi connectivity index (χ1v) is 25.6. The van der Waals surface area contributed by atoms with Gasteiger partial charge in [0.25, 0.3) is 5.91 Å². The third kappa shape index (κ3) is 16.7. The Hall–Kier alpha value is -7.59. The molecular formula is C59H73N7O9. The van der Waals surface area contributed by atoms with E-state index in [0.717, 1.165) is 44.6 Å². The Labute approximate surface area is 441 Å². The largest absolute Gasteiger partial charge is 0.459 e. The number of nitrogens with zero attached hydrogens (tertiary/aromatic N) is 2. The molecule has 4 atom stereocenters. The van der Waals surface area contributed by atoms with Gasteiger partial charge in [0.2, 0.25) is 11.8 Å². The van der Waals surface area contributed by atoms with Crippen LogP contribution in [0.4, 0.5) is 9.59 Å². The molecule has 5 aromatic rings. The van der Waals surface area contributed by atoms with Crippen molar-refractivity contribution < 1.29 is 43.0 Å². The summed E-state index contributed by atoms with van der Waals surface area (Å²) in [5.74, 6) is -2.04. The van der Waals surface area contributed by atoms with Crippen LogP contribution < -0.4 is 26.7 Å². The average Bonchev–Trinajstić information content (AvgIpc) is 3.70. The summed E-state index contributed by atoms with van der Waals surface area (Å²) in [6, 6.07) is 36.1. The molecule has 5 amide bonds. The van der Waals surface area contributed by atoms with E-state index in [1.807, 2.05) is 118 Å². The number of unbranched alkanes of at least 4 members (excludes halogenated alkanes) is 2. The van der Waals surface area contributed by atoms with E-state index in [1.165, 1.54) is 14.0 Å². The first-order chi connectivity index (χ1) is 35.8. The van der Waals surface area contributed by atoms with Crippen molar-refractivity contribution in [2.45, 2.75) is 117 Å². The molecule has 4 aromatic carbocycles. The zero-order valence-corrected chi connectivity index (χ0v) is 44.4. The zero-order valence-electron chi connectivity index (χ0n) is 44.4. The van der Waals surface area contributed by atoms with Crippen LogP contribution in [-0.4, -0.2) is 96.9 Å². The number of pyridine rings is 1. The first kappa shape index (κ1) is 56.7. The van der Waals surface area contributed by atoms with Crippen LogP contribution in [0.5, 0.6) is 0 Å². The number of aromatic nitrogens is 1. The van der Waals surface area contributed by atoms with Crippen LogP contribution in [0.25, 0.3) is 22.4 Å². The fourth-order valence-electron chi connectivity index (χ4n) is 9.15. The number of nitrogens with one attached hydrogen (secondary N) is 5. The second-order valence-electron chi connectivity index (χ2n) is 21.1. The average molecular weight is 1020 g/mol. The van der Waals surface area contributed by atoms with Gasteiger partial charge < -0.3 is 35.5 Å². The van der Waals surface area contributed by atoms with Gasteiger partial charge in [0.15, 0.2) is 0 Å². The third-order valence-corrected chi connectivity index (χ3v) is 13.0. The summed E-state index contributed by atoms with van der Waals surface area (Å²) in [5, 5.41) is 13.1. The van der Waals surface area contributed by atoms with Gasteiger partial charge in [-0.15, -0.1) is 0 Å². The normalized spacial score (nSPS) is 13.7. The molecule has 0 fully saturated rings. The van der Waals surface area contributed by atoms with Crippen molar-refractivity contribution in [3.05, 3.63) is 150 Å². The standard InChI is InChI=1S/C59H73N7O9/c1-39(67)62-53(59(5,6)7)55(70)65-66(36-41-29-31-42(32-30-41)48-27-18-20-33-60-48)37-50(49(35-40-21-11-9-12-22-40)63-54(69)52(58(2,3)4)64-57(72)73-8)75-51(68)28-13-10-19-34-61-56(71)74-38-47-45-25-16-14-23-43(45)44-24-15-17-26-46(44)47/h9,11-12,14-18,20-27,29-33,47,49-50,52-53H,10,13,19,28,34-38H2,1-8H3,(H,61,71)(H,62,67)(H,63,69)(H,64,72)(H,65,70)/t49-,50-,52+,53+/m0/s1. The highest BCUT2D eigenvalue weighted by molar-refractivity contribution is 5.88. The van der Waals surface area contributed by atoms with E-state index in [1.54, 1.807) is 32.0 Å². The zero-order chi connectivity index (χ0) is 54.1. The lowest BCUT2D eigenvalue weighted by Gasteiger charge is -2.37. The van der Waals surface area contributed by atoms with E-state index in [9.17, 15) is 28.8 Å². The number of hydrogen-bond acceptors (Lipinski definition) is 11. The Morgan fingerprint density at radius 2 is 1.27 bits per heavy atom. The molecule has 5 N–H and O–H groups in total. The van der Waals surface area contributed by atoms with Gasteiger partial charge in [-0.3, -0.25) is 29.6 Å². The van der Waals surface area contributed by atoms with E-state index in [4.69, 9.17) is 14.2 Å². The van der Waals surface area contributed by atoms with E-state index in [2.05, 4.69) is 55.9 Å². The molecular weight excluding hydrogens is 951 g/mol. The summed E-state index contributed by atoms with van der Waals surface area (Å²) in [4.78, 5) is 85.4. The van der Waals surface area contributed by atoms with Gasteiger partial charge >= 0.3 is 18.2 Å². The van der Waals surface area contributed by atoms with Crippen LogP contribution >= 0.6 is 0 Å². The van der Waals surface area contributed by atoms with Crippen molar-refractivity contribution in [2.75, 3.05) is 26.8 Å². The number of hydrazine groups is 1. The number of amides is 5. The van der Waals surface area contributed by atoms with E-state index >= 15 is 0 Å². The second kappa shape index (κ2) is 26.6. The number of rotatable bonds is 23. The first-order valence-electron chi connectivity index (χ1n) is 25.6. The number of carbonyl (C=O) groups is 6. The van der Waals surface area contributed by atoms with Crippen molar-refractivity contribution in [2.24, 2.45) is 10.8 Å². The molecule has 0 unspecified atom stereocenters. The summed E-state index contributed by atoms with van der Waals surface area (Å²) in [6.07, 6.45) is 1.08. The van der Waals surface area contributed by atoms with Gasteiger partial charge in [0.05, 0.1) is 25.4 Å². The predicted octanol–water partition coefficient (Wildman–Crippen LogP) is 8.64. The molecule has 0 aliphatic heterocycles. The molecule has 0 bridgehead atoms. The molecule has 398 valence electrons. The minimum Gasteiger partial charge on any atom is -0.459 e. The Bertz CT molecular complexity index is 2660. The SMILES string of the molecule is COC(=O)N[C@H](C(=O)N[C@@H](Cc1ccccc1)[C@H](CN(Cc1ccc(-c2ccccn2)cc1)NC(=O)[C@@H](NC(C)=O)C(C)(C)C)OC(=O)CCCCCNC(=O)OCC1c2ccccc2-c2ccccc21)C(C)(C)C. The lowest BCUT2D eigenvalue weighted by molar-refractivity contribution is -0.154. The van der Waals surface area contributed by atoms with Crippen LogP contribution in [-0.2, 0) is 46.4 Å². The van der Waals surface area contributed by atoms with Crippen molar-refractivity contribution in [3.63, 3.8) is 0 Å². The minimum atomic E-state index is -1.10. The Balaban J connectivity index is 1.21. The molecule has 6 rings (SSSR count). The summed E-state index contributed by atoms with van der Waals surface area (Å²) in [6.45, 7) is 12.8. The van der Waals surface area contributed by atoms with Gasteiger partial charge in [-0.05, 0) is 75.6 Å². The Morgan fingerprint density at radius 1 is 0.653 bits per heavy atom. The molecule has 1 aliphatic carbocycles. The molecule has 0 spiro atoms. The lowest BCUT2D eigenvalue weighted by Crippen LogP contribution is -2.61. The van der Waals surface area contributed by atoms with Crippen LogP contribution in [0.2, 0.25) is 0 Å². The van der Waals surface area contributed by atoms with Crippen LogP contribution in [0.3, 0.4) is 0 Å². The molecule has 0 saturated heterocycles. The van der Waals surface area contributed by atoms with E-state index in [0.29, 0.717) is 25.8 Å². The quantitative estimate of drug-likeness (QED) is 0.0181. The summed E-state index contributed by atoms with van der Waals surface area (Å²) < 4.78 is 17.0. The Morgan fingerprint density at radius 3 is 1.87 bits per heavy atom. The molecule has 0 radical (unpaired) electrons. The number of alkyl carbamates (subject to hydrolysis) is 2. The van der Waals surface area contributed by atoms with Crippen molar-refractivity contribution >= 4 is 35.9 Å². The molecule has 1 aromatic heterocycles. The van der Waals surface area contributed by atoms with Crippen LogP contribution in [0, 0.1) is 10.8 Å². The maximum Gasteiger partial charge on any atom is 0.407 e. The van der Waals surface area contributed by atoms with Gasteiger partial charge in [0, 0.05) is 44.1 Å². The maximum atomic E-state index is 14.5. The predicted molar refractivity (Wildman–Crippen MR) is 288 cm³/mol. The molecule has 1 heterocycles. The number of ether oxygens (including phenoxy) is 3. The molecule has 0 saturated carbocycles. The summed E-state index contributed by atoms with van der Waals surface area (Å²) >= 11 is 0. The van der Waals surface area contributed by atoms with E-state index in [-0.39, 0.29) is 44.4 Å². The summed E-state index contributed by atoms with van der Waals surface area (Å²) in [7, 11) is 1.22. The number of carbonyl (C=O) groups excluding carboxylic acids is 6. The number of methoxy groups -OCH3 is 1. The van der Waals surface area contributed by atoms with Gasteiger partial charge in [0.1, 0.15) is 24.8 Å². The monoisotopic (exact) mass is 1020 g/mol. The number of esters is 1. The number of benzene rings is 4. The van der Waals surface area contributed by atoms with Gasteiger partial charge in [-0.25, -0.2) is 14.6 Å². The molecule has 1 aliphatic rings. The highest BCUT2D eigenvalue weighted by Gasteiger charge is 2.39. The molecule has 75 heavy (non-hydrogen) atoms. The van der Waals surface area contributed by atoms with Gasteiger partial charge in [-0.1, -0.05) is 157 Å². The highest BCUT2D eigenvalue weighted by Crippen LogP contribution is 2.44. The van der Waals surface area contributed by atoms with Crippen LogP contribution in [0.1, 0.15) is 102 Å². The third-order valence-electron chi connectivity index (χ3n) is 13.0. The molecule has 16 nitrogen and oxygen atoms in total. The number of fused-ring (bicyclic) bond motifs is 3. The smallest absolute Gasteiger partial charge is 0.407 e. The fourth-order valence-corrected chi connectivity index (χ4v) is 9.15. The van der Waals surface area contributed by atoms with Crippen molar-refractivity contribution in [1.82, 2.24) is 36.7 Å². The van der Waals surface area contributed by atoms with Crippen molar-refractivity contribution in [3.8, 4) is 22.4 Å². The lowest BCUT2D eigenvalue weighted by atomic mass is 9.85. The minimum absolute atomic E-state index is 0.0118. The number of hydrogen-bond donors (Lipinski definition) is 5.